The van der Waals surface area contributed by atoms with Crippen molar-refractivity contribution in [3.8, 4) is 0 Å². The first-order chi connectivity index (χ1) is 12.1. The number of rotatable bonds is 14. The Kier molecular flexibility index (Phi) is 12.3. The number of aryl methyl sites for hydroxylation is 1. The molecule has 0 aliphatic rings. The second-order valence-electron chi connectivity index (χ2n) is 6.55. The molecule has 0 radical (unpaired) electrons. The summed E-state index contributed by atoms with van der Waals surface area (Å²) >= 11 is 3.55. The summed E-state index contributed by atoms with van der Waals surface area (Å²) in [6, 6.07) is 2.09. The molecule has 0 aliphatic carbocycles. The molecule has 0 bridgehead atoms. The molecule has 25 heavy (non-hydrogen) atoms. The van der Waals surface area contributed by atoms with E-state index in [1.54, 1.807) is 0 Å². The Morgan fingerprint density at radius 2 is 1.64 bits per heavy atom. The molecule has 140 valence electrons. The minimum atomic E-state index is -0.314. The second-order valence-corrected chi connectivity index (χ2v) is 7.31. The van der Waals surface area contributed by atoms with Crippen LogP contribution in [0.2, 0.25) is 0 Å². The molecule has 0 N–H and O–H groups in total. The highest BCUT2D eigenvalue weighted by molar-refractivity contribution is 9.10. The molecule has 0 aliphatic heterocycles. The fraction of sp³-hybridized carbons (Fsp3) is 0.619. The third kappa shape index (κ3) is 10.4. The van der Waals surface area contributed by atoms with Crippen LogP contribution in [0.5, 0.6) is 0 Å². The summed E-state index contributed by atoms with van der Waals surface area (Å²) in [4.78, 5) is 15.2. The fourth-order valence-electron chi connectivity index (χ4n) is 2.91. The largest absolute Gasteiger partial charge is 0.463 e. The van der Waals surface area contributed by atoms with E-state index in [1.807, 2.05) is 6.20 Å². The number of ether oxygens (including phenoxy) is 1. The molecule has 0 unspecified atom stereocenters. The summed E-state index contributed by atoms with van der Waals surface area (Å²) in [5.41, 5.74) is 2.70. The van der Waals surface area contributed by atoms with E-state index in [9.17, 15) is 4.79 Å². The van der Waals surface area contributed by atoms with Crippen LogP contribution in [0.15, 0.2) is 29.5 Å². The third-order valence-electron chi connectivity index (χ3n) is 4.47. The first kappa shape index (κ1) is 21.9. The van der Waals surface area contributed by atoms with Crippen LogP contribution in [-0.4, -0.2) is 17.6 Å². The summed E-state index contributed by atoms with van der Waals surface area (Å²) in [5.74, 6) is -0.314. The number of carbonyl (C=O) groups excluding carboxylic acids is 1. The molecule has 3 nitrogen and oxygen atoms in total. The zero-order chi connectivity index (χ0) is 18.3. The van der Waals surface area contributed by atoms with Gasteiger partial charge in [-0.15, -0.1) is 0 Å². The van der Waals surface area contributed by atoms with Gasteiger partial charge in [0, 0.05) is 12.3 Å². The maximum absolute atomic E-state index is 10.9. The fourth-order valence-corrected chi connectivity index (χ4v) is 3.53. The van der Waals surface area contributed by atoms with Crippen LogP contribution in [0.3, 0.4) is 0 Å². The number of carbonyl (C=O) groups is 1. The van der Waals surface area contributed by atoms with Crippen LogP contribution < -0.4 is 0 Å². The Hall–Kier alpha value is -1.16. The molecular weight excluding hydrogens is 378 g/mol. The van der Waals surface area contributed by atoms with Crippen molar-refractivity contribution in [3.63, 3.8) is 0 Å². The number of unbranched alkanes of at least 4 members (excludes halogenated alkanes) is 9. The molecular formula is C21H32BrNO2. The number of nitrogens with zero attached hydrogens (tertiary/aromatic N) is 1. The van der Waals surface area contributed by atoms with Gasteiger partial charge in [0.15, 0.2) is 0 Å². The van der Waals surface area contributed by atoms with Gasteiger partial charge in [-0.05, 0) is 59.3 Å². The molecule has 0 amide bonds. The first-order valence-electron chi connectivity index (χ1n) is 9.54. The zero-order valence-corrected chi connectivity index (χ0v) is 17.2. The van der Waals surface area contributed by atoms with Crippen LogP contribution in [-0.2, 0) is 16.0 Å². The maximum Gasteiger partial charge on any atom is 0.330 e. The van der Waals surface area contributed by atoms with Crippen molar-refractivity contribution in [2.24, 2.45) is 0 Å². The second kappa shape index (κ2) is 14.1. The molecule has 1 heterocycles. The lowest BCUT2D eigenvalue weighted by molar-refractivity contribution is -0.137. The lowest BCUT2D eigenvalue weighted by Crippen LogP contribution is -2.01. The minimum Gasteiger partial charge on any atom is -0.463 e. The maximum atomic E-state index is 10.9. The minimum absolute atomic E-state index is 0.314. The molecule has 1 aromatic rings. The molecule has 0 saturated carbocycles. The highest BCUT2D eigenvalue weighted by Crippen LogP contribution is 2.20. The average molecular weight is 410 g/mol. The number of hydrogen-bond donors (Lipinski definition) is 0. The van der Waals surface area contributed by atoms with Crippen LogP contribution in [0.1, 0.15) is 75.3 Å². The molecule has 0 atom stereocenters. The van der Waals surface area contributed by atoms with Gasteiger partial charge in [-0.2, -0.15) is 0 Å². The molecule has 0 aromatic carbocycles. The topological polar surface area (TPSA) is 39.2 Å². The van der Waals surface area contributed by atoms with Crippen molar-refractivity contribution >= 4 is 21.9 Å². The molecule has 1 rings (SSSR count). The van der Waals surface area contributed by atoms with E-state index in [4.69, 9.17) is 4.74 Å². The Bertz CT molecular complexity index is 496. The van der Waals surface area contributed by atoms with Crippen molar-refractivity contribution < 1.29 is 9.53 Å². The van der Waals surface area contributed by atoms with E-state index < -0.39 is 0 Å². The van der Waals surface area contributed by atoms with Crippen LogP contribution in [0, 0.1) is 6.92 Å². The monoisotopic (exact) mass is 409 g/mol. The van der Waals surface area contributed by atoms with Crippen molar-refractivity contribution in [1.29, 1.82) is 0 Å². The van der Waals surface area contributed by atoms with E-state index in [0.717, 1.165) is 23.9 Å². The van der Waals surface area contributed by atoms with Crippen molar-refractivity contribution in [3.05, 3.63) is 40.6 Å². The quantitative estimate of drug-likeness (QED) is 0.156. The Balaban J connectivity index is 1.88. The zero-order valence-electron chi connectivity index (χ0n) is 15.6. The summed E-state index contributed by atoms with van der Waals surface area (Å²) < 4.78 is 5.96. The lowest BCUT2D eigenvalue weighted by atomic mass is 10.0. The summed E-state index contributed by atoms with van der Waals surface area (Å²) in [7, 11) is 0. The van der Waals surface area contributed by atoms with Gasteiger partial charge in [-0.3, -0.25) is 0 Å². The molecule has 1 aromatic heterocycles. The molecule has 0 fully saturated rings. The van der Waals surface area contributed by atoms with Gasteiger partial charge >= 0.3 is 5.97 Å². The molecule has 0 saturated heterocycles. The SMILES string of the molecule is C=CC(=O)OCCCCCCCCCCCCc1c(C)ccnc1Br. The van der Waals surface area contributed by atoms with Gasteiger partial charge in [-0.25, -0.2) is 9.78 Å². The standard InChI is InChI=1S/C21H32BrNO2/c1-3-20(24)25-17-13-11-9-7-5-4-6-8-10-12-14-19-18(2)15-16-23-21(19)22/h3,15-16H,1,4-14,17H2,2H3. The average Bonchev–Trinajstić information content (AvgIpc) is 2.60. The van der Waals surface area contributed by atoms with Gasteiger partial charge in [0.1, 0.15) is 4.60 Å². The highest BCUT2D eigenvalue weighted by Gasteiger charge is 2.04. The summed E-state index contributed by atoms with van der Waals surface area (Å²) in [5, 5.41) is 0. The van der Waals surface area contributed by atoms with E-state index in [-0.39, 0.29) is 5.97 Å². The summed E-state index contributed by atoms with van der Waals surface area (Å²) in [6.45, 7) is 6.06. The Labute approximate surface area is 161 Å². The van der Waals surface area contributed by atoms with Crippen LogP contribution >= 0.6 is 15.9 Å². The van der Waals surface area contributed by atoms with Gasteiger partial charge < -0.3 is 4.74 Å². The predicted molar refractivity (Wildman–Crippen MR) is 108 cm³/mol. The normalized spacial score (nSPS) is 10.6. The van der Waals surface area contributed by atoms with Gasteiger partial charge in [0.25, 0.3) is 0 Å². The van der Waals surface area contributed by atoms with E-state index in [1.165, 1.54) is 68.6 Å². The van der Waals surface area contributed by atoms with Gasteiger partial charge in [-0.1, -0.05) is 57.9 Å². The Morgan fingerprint density at radius 3 is 2.20 bits per heavy atom. The van der Waals surface area contributed by atoms with E-state index in [0.29, 0.717) is 6.61 Å². The molecule has 0 spiro atoms. The van der Waals surface area contributed by atoms with E-state index >= 15 is 0 Å². The van der Waals surface area contributed by atoms with E-state index in [2.05, 4.69) is 40.5 Å². The van der Waals surface area contributed by atoms with Crippen molar-refractivity contribution in [1.82, 2.24) is 4.98 Å². The highest BCUT2D eigenvalue weighted by atomic mass is 79.9. The summed E-state index contributed by atoms with van der Waals surface area (Å²) in [6.07, 6.45) is 16.7. The Morgan fingerprint density at radius 1 is 1.08 bits per heavy atom. The molecule has 4 heteroatoms. The smallest absolute Gasteiger partial charge is 0.330 e. The lowest BCUT2D eigenvalue weighted by Gasteiger charge is -2.07. The predicted octanol–water partition coefficient (Wildman–Crippen LogP) is 6.33. The van der Waals surface area contributed by atoms with Gasteiger partial charge in [0.2, 0.25) is 0 Å². The van der Waals surface area contributed by atoms with Crippen molar-refractivity contribution in [2.75, 3.05) is 6.61 Å². The third-order valence-corrected chi connectivity index (χ3v) is 5.15. The van der Waals surface area contributed by atoms with Crippen LogP contribution in [0.25, 0.3) is 0 Å². The number of aromatic nitrogens is 1. The van der Waals surface area contributed by atoms with Gasteiger partial charge in [0.05, 0.1) is 6.61 Å². The van der Waals surface area contributed by atoms with Crippen molar-refractivity contribution in [2.45, 2.75) is 77.6 Å². The number of esters is 1. The van der Waals surface area contributed by atoms with Crippen LogP contribution in [0.4, 0.5) is 0 Å². The number of pyridine rings is 1. The number of hydrogen-bond acceptors (Lipinski definition) is 3. The first-order valence-corrected chi connectivity index (χ1v) is 10.3. The number of halogens is 1.